The Kier molecular flexibility index (Phi) is 4.18. The van der Waals surface area contributed by atoms with Crippen LogP contribution in [0.5, 0.6) is 0 Å². The van der Waals surface area contributed by atoms with Gasteiger partial charge in [0.1, 0.15) is 0 Å². The summed E-state index contributed by atoms with van der Waals surface area (Å²) >= 11 is 1.83. The van der Waals surface area contributed by atoms with Crippen molar-refractivity contribution in [2.45, 2.75) is 48.7 Å². The molecule has 0 aliphatic carbocycles. The molecule has 0 radical (unpaired) electrons. The molecule has 0 amide bonds. The zero-order chi connectivity index (χ0) is 18.5. The van der Waals surface area contributed by atoms with Crippen molar-refractivity contribution < 1.29 is 9.76 Å². The van der Waals surface area contributed by atoms with Gasteiger partial charge >= 0.3 is 7.48 Å². The van der Waals surface area contributed by atoms with Crippen LogP contribution in [0.3, 0.4) is 0 Å². The summed E-state index contributed by atoms with van der Waals surface area (Å²) in [5.74, 6) is 0. The van der Waals surface area contributed by atoms with E-state index < -0.39 is 11.2 Å². The molecule has 132 valence electrons. The predicted octanol–water partition coefficient (Wildman–Crippen LogP) is 4.51. The van der Waals surface area contributed by atoms with Crippen molar-refractivity contribution in [2.75, 3.05) is 0 Å². The van der Waals surface area contributed by atoms with E-state index in [0.717, 1.165) is 5.46 Å². The minimum Gasteiger partial charge on any atom is -0.427 e. The second-order valence-electron chi connectivity index (χ2n) is 7.91. The third-order valence-electron chi connectivity index (χ3n) is 5.55. The van der Waals surface area contributed by atoms with Crippen molar-refractivity contribution in [3.8, 4) is 11.1 Å². The number of hydrogen-bond donors (Lipinski definition) is 1. The van der Waals surface area contributed by atoms with E-state index in [1.807, 2.05) is 25.6 Å². The first-order valence-corrected chi connectivity index (χ1v) is 9.78. The van der Waals surface area contributed by atoms with E-state index in [-0.39, 0.29) is 0 Å². The molecule has 0 aromatic heterocycles. The molecule has 3 aromatic rings. The van der Waals surface area contributed by atoms with Gasteiger partial charge in [0.05, 0.1) is 11.2 Å². The molecular weight excluding hydrogens is 339 g/mol. The fourth-order valence-electron chi connectivity index (χ4n) is 3.20. The average Bonchev–Trinajstić information content (AvgIpc) is 2.60. The van der Waals surface area contributed by atoms with Crippen LogP contribution in [0.2, 0.25) is 0 Å². The molecule has 0 fully saturated rings. The lowest BCUT2D eigenvalue weighted by Crippen LogP contribution is -2.49. The first-order valence-electron chi connectivity index (χ1n) is 8.96. The van der Waals surface area contributed by atoms with Crippen LogP contribution in [0.1, 0.15) is 27.7 Å². The topological polar surface area (TPSA) is 29.5 Å². The molecule has 4 rings (SSSR count). The van der Waals surface area contributed by atoms with E-state index >= 15 is 0 Å². The second kappa shape index (κ2) is 6.16. The standard InChI is InChI=1S/C22H23BO2S/c1-21(2,24)22(3,4)25-23-17-13-12-15-14-8-5-6-10-18(14)26-19-11-7-9-16(17)20(15)19/h5-13,23-24H,1-4H3. The highest BCUT2D eigenvalue weighted by atomic mass is 32.2. The molecule has 0 atom stereocenters. The summed E-state index contributed by atoms with van der Waals surface area (Å²) < 4.78 is 6.13. The van der Waals surface area contributed by atoms with Crippen LogP contribution in [0.25, 0.3) is 21.9 Å². The molecule has 2 nitrogen and oxygen atoms in total. The Morgan fingerprint density at radius 2 is 1.58 bits per heavy atom. The van der Waals surface area contributed by atoms with Crippen LogP contribution in [0.15, 0.2) is 64.4 Å². The summed E-state index contributed by atoms with van der Waals surface area (Å²) in [5, 5.41) is 12.9. The molecule has 1 aliphatic rings. The van der Waals surface area contributed by atoms with E-state index in [1.165, 1.54) is 31.7 Å². The molecule has 0 bridgehead atoms. The quantitative estimate of drug-likeness (QED) is 0.542. The van der Waals surface area contributed by atoms with E-state index in [2.05, 4.69) is 54.6 Å². The Labute approximate surface area is 159 Å². The molecule has 0 saturated carbocycles. The van der Waals surface area contributed by atoms with E-state index in [0.29, 0.717) is 7.48 Å². The van der Waals surface area contributed by atoms with Crippen LogP contribution in [-0.2, 0) is 4.65 Å². The van der Waals surface area contributed by atoms with Crippen molar-refractivity contribution in [2.24, 2.45) is 0 Å². The van der Waals surface area contributed by atoms with Gasteiger partial charge in [-0.15, -0.1) is 0 Å². The van der Waals surface area contributed by atoms with E-state index in [9.17, 15) is 5.11 Å². The van der Waals surface area contributed by atoms with E-state index in [1.54, 1.807) is 13.8 Å². The molecular formula is C22H23BO2S. The number of fused-ring (bicyclic) bond motifs is 2. The van der Waals surface area contributed by atoms with Gasteiger partial charge in [0.25, 0.3) is 0 Å². The van der Waals surface area contributed by atoms with Gasteiger partial charge in [-0.05, 0) is 61.8 Å². The Balaban J connectivity index is 1.79. The second-order valence-corrected chi connectivity index (χ2v) is 8.99. The third-order valence-corrected chi connectivity index (χ3v) is 6.69. The van der Waals surface area contributed by atoms with Crippen molar-refractivity contribution in [3.05, 3.63) is 54.6 Å². The zero-order valence-corrected chi connectivity index (χ0v) is 16.5. The molecule has 0 saturated heterocycles. The van der Waals surface area contributed by atoms with Gasteiger partial charge in [0.15, 0.2) is 0 Å². The van der Waals surface area contributed by atoms with Crippen molar-refractivity contribution in [1.82, 2.24) is 0 Å². The van der Waals surface area contributed by atoms with Crippen LogP contribution >= 0.6 is 11.8 Å². The van der Waals surface area contributed by atoms with Gasteiger partial charge in [-0.3, -0.25) is 0 Å². The van der Waals surface area contributed by atoms with Gasteiger partial charge in [-0.2, -0.15) is 0 Å². The Hall–Kier alpha value is -1.75. The van der Waals surface area contributed by atoms with Crippen molar-refractivity contribution in [3.63, 3.8) is 0 Å². The van der Waals surface area contributed by atoms with Crippen LogP contribution < -0.4 is 5.46 Å². The summed E-state index contributed by atoms with van der Waals surface area (Å²) in [7, 11) is 0.476. The third kappa shape index (κ3) is 2.86. The minimum absolute atomic E-state index is 0.476. The van der Waals surface area contributed by atoms with Gasteiger partial charge in [-0.1, -0.05) is 54.2 Å². The molecule has 3 aromatic carbocycles. The Bertz CT molecular complexity index is 989. The highest BCUT2D eigenvalue weighted by Gasteiger charge is 2.35. The number of benzene rings is 3. The number of hydrogen-bond acceptors (Lipinski definition) is 3. The lowest BCUT2D eigenvalue weighted by molar-refractivity contribution is -0.0893. The highest BCUT2D eigenvalue weighted by molar-refractivity contribution is 7.99. The van der Waals surface area contributed by atoms with Gasteiger partial charge in [-0.25, -0.2) is 0 Å². The van der Waals surface area contributed by atoms with Crippen LogP contribution in [0.4, 0.5) is 0 Å². The lowest BCUT2D eigenvalue weighted by Gasteiger charge is -2.37. The fraction of sp³-hybridized carbons (Fsp3) is 0.273. The fourth-order valence-corrected chi connectivity index (χ4v) is 4.34. The molecule has 1 aliphatic heterocycles. The first-order chi connectivity index (χ1) is 12.3. The summed E-state index contributed by atoms with van der Waals surface area (Å²) in [5.41, 5.74) is 2.20. The number of rotatable bonds is 4. The summed E-state index contributed by atoms with van der Waals surface area (Å²) in [6.45, 7) is 7.45. The molecule has 4 heteroatoms. The smallest absolute Gasteiger partial charge is 0.310 e. The normalized spacial score (nSPS) is 13.6. The maximum Gasteiger partial charge on any atom is 0.310 e. The summed E-state index contributed by atoms with van der Waals surface area (Å²) in [4.78, 5) is 2.60. The van der Waals surface area contributed by atoms with Crippen LogP contribution in [0, 0.1) is 0 Å². The predicted molar refractivity (Wildman–Crippen MR) is 112 cm³/mol. The van der Waals surface area contributed by atoms with Gasteiger partial charge < -0.3 is 9.76 Å². The molecule has 1 N–H and O–H groups in total. The Morgan fingerprint density at radius 3 is 2.35 bits per heavy atom. The largest absolute Gasteiger partial charge is 0.427 e. The maximum atomic E-state index is 10.4. The van der Waals surface area contributed by atoms with Crippen molar-refractivity contribution >= 4 is 35.5 Å². The van der Waals surface area contributed by atoms with E-state index in [4.69, 9.17) is 4.65 Å². The van der Waals surface area contributed by atoms with Gasteiger partial charge in [0.2, 0.25) is 0 Å². The zero-order valence-electron chi connectivity index (χ0n) is 15.7. The van der Waals surface area contributed by atoms with Gasteiger partial charge in [0, 0.05) is 15.2 Å². The van der Waals surface area contributed by atoms with Crippen molar-refractivity contribution in [1.29, 1.82) is 0 Å². The van der Waals surface area contributed by atoms with Crippen LogP contribution in [-0.4, -0.2) is 23.8 Å². The molecule has 0 unspecified atom stereocenters. The SMILES string of the molecule is CC(C)(O)C(C)(C)OBc1ccc2c3c(cccc13)Sc1ccccc1-2. The molecule has 26 heavy (non-hydrogen) atoms. The summed E-state index contributed by atoms with van der Waals surface area (Å²) in [6.07, 6.45) is 0. The Morgan fingerprint density at radius 1 is 0.846 bits per heavy atom. The number of aliphatic hydroxyl groups is 1. The average molecular weight is 362 g/mol. The highest BCUT2D eigenvalue weighted by Crippen LogP contribution is 2.47. The monoisotopic (exact) mass is 362 g/mol. The lowest BCUT2D eigenvalue weighted by atomic mass is 9.79. The maximum absolute atomic E-state index is 10.4. The molecule has 1 heterocycles. The molecule has 0 spiro atoms. The summed E-state index contributed by atoms with van der Waals surface area (Å²) in [6, 6.07) is 19.4. The first kappa shape index (κ1) is 17.7. The minimum atomic E-state index is -0.909.